The van der Waals surface area contributed by atoms with Gasteiger partial charge in [0, 0.05) is 18.0 Å². The number of para-hydroxylation sites is 1. The van der Waals surface area contributed by atoms with Crippen LogP contribution >= 0.6 is 0 Å². The summed E-state index contributed by atoms with van der Waals surface area (Å²) < 4.78 is 17.5. The largest absolute Gasteiger partial charge is 0.491 e. The van der Waals surface area contributed by atoms with Crippen molar-refractivity contribution < 1.29 is 24.1 Å². The van der Waals surface area contributed by atoms with E-state index in [2.05, 4.69) is 10.4 Å². The first-order chi connectivity index (χ1) is 14.1. The molecule has 0 radical (unpaired) electrons. The van der Waals surface area contributed by atoms with Gasteiger partial charge >= 0.3 is 0 Å². The van der Waals surface area contributed by atoms with Gasteiger partial charge in [0.25, 0.3) is 0 Å². The summed E-state index contributed by atoms with van der Waals surface area (Å²) in [4.78, 5) is 24.1. The Morgan fingerprint density at radius 3 is 2.97 bits per heavy atom. The van der Waals surface area contributed by atoms with Crippen molar-refractivity contribution in [1.82, 2.24) is 15.1 Å². The van der Waals surface area contributed by atoms with Gasteiger partial charge in [0.1, 0.15) is 25.0 Å². The van der Waals surface area contributed by atoms with E-state index in [1.807, 2.05) is 0 Å². The van der Waals surface area contributed by atoms with Gasteiger partial charge in [0.05, 0.1) is 11.7 Å². The zero-order chi connectivity index (χ0) is 20.2. The van der Waals surface area contributed by atoms with E-state index in [1.165, 1.54) is 10.9 Å². The van der Waals surface area contributed by atoms with Crippen LogP contribution in [0.3, 0.4) is 0 Å². The maximum atomic E-state index is 12.2. The molecule has 4 rings (SSSR count). The smallest absolute Gasteiger partial charge is 0.241 e. The number of aliphatic hydroxyl groups excluding tert-OH is 1. The van der Waals surface area contributed by atoms with Crippen LogP contribution in [0.5, 0.6) is 17.2 Å². The molecule has 0 saturated carbocycles. The zero-order valence-electron chi connectivity index (χ0n) is 15.4. The van der Waals surface area contributed by atoms with Gasteiger partial charge < -0.3 is 24.6 Å². The number of fused-ring (bicyclic) bond motifs is 2. The molecule has 2 aromatic carbocycles. The van der Waals surface area contributed by atoms with E-state index in [-0.39, 0.29) is 37.8 Å². The minimum atomic E-state index is -0.900. The Balaban J connectivity index is 1.28. The number of carbonyl (C=O) groups is 1. The van der Waals surface area contributed by atoms with Gasteiger partial charge in [-0.25, -0.2) is 0 Å². The summed E-state index contributed by atoms with van der Waals surface area (Å²) in [5.74, 6) is 1.43. The molecular formula is C20H19N3O6. The number of aromatic nitrogens is 2. The molecule has 1 aromatic heterocycles. The van der Waals surface area contributed by atoms with E-state index in [0.717, 1.165) is 0 Å². The third-order valence-electron chi connectivity index (χ3n) is 4.38. The quantitative estimate of drug-likeness (QED) is 0.603. The number of hydrogen-bond donors (Lipinski definition) is 2. The van der Waals surface area contributed by atoms with Gasteiger partial charge in [-0.15, -0.1) is 0 Å². The molecule has 2 heterocycles. The molecule has 1 atom stereocenters. The number of aliphatic hydroxyl groups is 1. The summed E-state index contributed by atoms with van der Waals surface area (Å²) in [5, 5.41) is 17.2. The number of rotatable bonds is 7. The molecule has 1 aliphatic rings. The fraction of sp³-hybridized carbons (Fsp3) is 0.250. The molecule has 0 saturated heterocycles. The number of nitrogens with one attached hydrogen (secondary N) is 1. The van der Waals surface area contributed by atoms with Crippen LogP contribution in [-0.4, -0.2) is 46.8 Å². The second-order valence-corrected chi connectivity index (χ2v) is 6.47. The second kappa shape index (κ2) is 8.19. The van der Waals surface area contributed by atoms with E-state index in [0.29, 0.717) is 28.2 Å². The van der Waals surface area contributed by atoms with Crippen molar-refractivity contribution in [2.45, 2.75) is 12.6 Å². The van der Waals surface area contributed by atoms with Crippen molar-refractivity contribution in [3.05, 3.63) is 58.9 Å². The van der Waals surface area contributed by atoms with Gasteiger partial charge in [-0.3, -0.25) is 14.3 Å². The van der Waals surface area contributed by atoms with Crippen LogP contribution in [0.15, 0.2) is 53.5 Å². The Bertz CT molecular complexity index is 1100. The highest BCUT2D eigenvalue weighted by Gasteiger charge is 2.15. The molecule has 2 N–H and O–H groups in total. The predicted octanol–water partition coefficient (Wildman–Crippen LogP) is 0.681. The summed E-state index contributed by atoms with van der Waals surface area (Å²) in [6.07, 6.45) is 0.284. The van der Waals surface area contributed by atoms with Crippen molar-refractivity contribution in [2.24, 2.45) is 0 Å². The molecule has 0 spiro atoms. The van der Waals surface area contributed by atoms with Gasteiger partial charge in [0.15, 0.2) is 11.5 Å². The monoisotopic (exact) mass is 397 g/mol. The fourth-order valence-electron chi connectivity index (χ4n) is 2.93. The molecule has 0 fully saturated rings. The Hall–Kier alpha value is -3.59. The lowest BCUT2D eigenvalue weighted by Crippen LogP contribution is -2.37. The summed E-state index contributed by atoms with van der Waals surface area (Å²) in [6.45, 7) is 0.115. The van der Waals surface area contributed by atoms with Crippen LogP contribution < -0.4 is 25.0 Å². The highest BCUT2D eigenvalue weighted by Crippen LogP contribution is 2.35. The normalized spacial score (nSPS) is 13.3. The Morgan fingerprint density at radius 1 is 1.24 bits per heavy atom. The predicted molar refractivity (Wildman–Crippen MR) is 103 cm³/mol. The van der Waals surface area contributed by atoms with Crippen molar-refractivity contribution >= 4 is 16.8 Å². The van der Waals surface area contributed by atoms with Crippen LogP contribution in [0.25, 0.3) is 10.9 Å². The maximum absolute atomic E-state index is 12.2. The van der Waals surface area contributed by atoms with E-state index < -0.39 is 6.10 Å². The molecule has 9 nitrogen and oxygen atoms in total. The van der Waals surface area contributed by atoms with E-state index in [1.54, 1.807) is 42.5 Å². The SMILES string of the molecule is O=C(Cn1ncc(=O)c2ccccc21)NCC(O)COc1ccc2c(c1)OCO2. The van der Waals surface area contributed by atoms with Gasteiger partial charge in [0.2, 0.25) is 18.1 Å². The first kappa shape index (κ1) is 18.8. The van der Waals surface area contributed by atoms with Crippen LogP contribution in [0.4, 0.5) is 0 Å². The molecule has 0 bridgehead atoms. The van der Waals surface area contributed by atoms with Gasteiger partial charge in [-0.2, -0.15) is 5.10 Å². The molecule has 3 aromatic rings. The van der Waals surface area contributed by atoms with Gasteiger partial charge in [-0.1, -0.05) is 12.1 Å². The molecule has 1 amide bonds. The van der Waals surface area contributed by atoms with Crippen LogP contribution in [0, 0.1) is 0 Å². The summed E-state index contributed by atoms with van der Waals surface area (Å²) in [6, 6.07) is 12.1. The summed E-state index contributed by atoms with van der Waals surface area (Å²) in [7, 11) is 0. The van der Waals surface area contributed by atoms with E-state index in [9.17, 15) is 14.7 Å². The minimum absolute atomic E-state index is 0.000867. The number of nitrogens with zero attached hydrogens (tertiary/aromatic N) is 2. The Morgan fingerprint density at radius 2 is 2.07 bits per heavy atom. The van der Waals surface area contributed by atoms with Crippen molar-refractivity contribution in [3.63, 3.8) is 0 Å². The lowest BCUT2D eigenvalue weighted by Gasteiger charge is -2.14. The first-order valence-electron chi connectivity index (χ1n) is 9.02. The molecule has 150 valence electrons. The highest BCUT2D eigenvalue weighted by molar-refractivity contribution is 5.81. The maximum Gasteiger partial charge on any atom is 0.241 e. The van der Waals surface area contributed by atoms with Crippen LogP contribution in [0.1, 0.15) is 0 Å². The molecule has 29 heavy (non-hydrogen) atoms. The number of amides is 1. The van der Waals surface area contributed by atoms with Crippen LogP contribution in [0.2, 0.25) is 0 Å². The van der Waals surface area contributed by atoms with Gasteiger partial charge in [-0.05, 0) is 24.3 Å². The van der Waals surface area contributed by atoms with E-state index >= 15 is 0 Å². The molecule has 9 heteroatoms. The lowest BCUT2D eigenvalue weighted by molar-refractivity contribution is -0.122. The van der Waals surface area contributed by atoms with E-state index in [4.69, 9.17) is 14.2 Å². The number of carbonyl (C=O) groups excluding carboxylic acids is 1. The Kier molecular flexibility index (Phi) is 5.30. The Labute approximate surface area is 165 Å². The van der Waals surface area contributed by atoms with Crippen molar-refractivity contribution in [1.29, 1.82) is 0 Å². The first-order valence-corrected chi connectivity index (χ1v) is 9.02. The number of benzene rings is 2. The average molecular weight is 397 g/mol. The topological polar surface area (TPSA) is 112 Å². The molecule has 1 aliphatic heterocycles. The molecule has 0 aliphatic carbocycles. The highest BCUT2D eigenvalue weighted by atomic mass is 16.7. The van der Waals surface area contributed by atoms with Crippen molar-refractivity contribution in [2.75, 3.05) is 19.9 Å². The fourth-order valence-corrected chi connectivity index (χ4v) is 2.93. The van der Waals surface area contributed by atoms with Crippen LogP contribution in [-0.2, 0) is 11.3 Å². The third kappa shape index (κ3) is 4.30. The minimum Gasteiger partial charge on any atom is -0.491 e. The summed E-state index contributed by atoms with van der Waals surface area (Å²) >= 11 is 0. The zero-order valence-corrected chi connectivity index (χ0v) is 15.4. The molecule has 1 unspecified atom stereocenters. The molecular weight excluding hydrogens is 378 g/mol. The average Bonchev–Trinajstić information content (AvgIpc) is 3.21. The van der Waals surface area contributed by atoms with Crippen molar-refractivity contribution in [3.8, 4) is 17.2 Å². The third-order valence-corrected chi connectivity index (χ3v) is 4.38. The summed E-state index contributed by atoms with van der Waals surface area (Å²) in [5.41, 5.74) is 0.371. The lowest BCUT2D eigenvalue weighted by atomic mass is 10.2. The standard InChI is InChI=1S/C20H19N3O6/c24-13(11-27-14-5-6-18-19(7-14)29-12-28-18)8-21-20(26)10-23-16-4-2-1-3-15(16)17(25)9-22-23/h1-7,9,13,24H,8,10-12H2,(H,21,26). The number of hydrogen-bond acceptors (Lipinski definition) is 7. The second-order valence-electron chi connectivity index (χ2n) is 6.47. The number of ether oxygens (including phenoxy) is 3.